The van der Waals surface area contributed by atoms with Gasteiger partial charge >= 0.3 is 11.9 Å². The Morgan fingerprint density at radius 3 is 2.19 bits per heavy atom. The lowest BCUT2D eigenvalue weighted by atomic mass is 9.97. The maximum absolute atomic E-state index is 11.0. The van der Waals surface area contributed by atoms with E-state index in [1.54, 1.807) is 11.8 Å². The van der Waals surface area contributed by atoms with Gasteiger partial charge in [0.05, 0.1) is 0 Å². The lowest BCUT2D eigenvalue weighted by Crippen LogP contribution is -2.29. The maximum Gasteiger partial charge on any atom is 0.373 e. The van der Waals surface area contributed by atoms with Crippen molar-refractivity contribution < 1.29 is 24.6 Å². The first-order valence-corrected chi connectivity index (χ1v) is 6.39. The molecule has 0 aliphatic heterocycles. The number of rotatable bonds is 9. The highest BCUT2D eigenvalue weighted by Gasteiger charge is 2.30. The fourth-order valence-electron chi connectivity index (χ4n) is 1.29. The Bertz CT molecular complexity index is 264. The zero-order chi connectivity index (χ0) is 12.6. The first-order chi connectivity index (χ1) is 7.50. The van der Waals surface area contributed by atoms with Gasteiger partial charge in [0.1, 0.15) is 5.92 Å². The van der Waals surface area contributed by atoms with E-state index in [0.29, 0.717) is 6.42 Å². The van der Waals surface area contributed by atoms with Gasteiger partial charge in [-0.2, -0.15) is 11.8 Å². The van der Waals surface area contributed by atoms with Crippen LogP contribution in [-0.2, 0) is 14.4 Å². The summed E-state index contributed by atoms with van der Waals surface area (Å²) in [5.74, 6) is -4.65. The Balaban J connectivity index is 4.01. The number of carboxylic acids is 2. The predicted octanol–water partition coefficient (Wildman–Crippen LogP) is 1.26. The van der Waals surface area contributed by atoms with Crippen molar-refractivity contribution in [1.82, 2.24) is 0 Å². The molecule has 0 spiro atoms. The van der Waals surface area contributed by atoms with Gasteiger partial charge in [0, 0.05) is 0 Å². The minimum atomic E-state index is -1.67. The van der Waals surface area contributed by atoms with Gasteiger partial charge in [0.25, 0.3) is 5.78 Å². The Labute approximate surface area is 98.2 Å². The van der Waals surface area contributed by atoms with Crippen molar-refractivity contribution >= 4 is 29.5 Å². The van der Waals surface area contributed by atoms with Crippen LogP contribution in [0.3, 0.4) is 0 Å². The van der Waals surface area contributed by atoms with Crippen molar-refractivity contribution in [1.29, 1.82) is 0 Å². The summed E-state index contributed by atoms with van der Waals surface area (Å²) in [4.78, 5) is 32.1. The van der Waals surface area contributed by atoms with E-state index >= 15 is 0 Å². The molecule has 0 bridgehead atoms. The van der Waals surface area contributed by atoms with Crippen LogP contribution in [0.5, 0.6) is 0 Å². The molecule has 5 nitrogen and oxygen atoms in total. The summed E-state index contributed by atoms with van der Waals surface area (Å²) in [5.41, 5.74) is 0. The number of carboxylic acid groups (broad SMARTS) is 2. The second kappa shape index (κ2) is 8.15. The van der Waals surface area contributed by atoms with E-state index in [2.05, 4.69) is 0 Å². The molecule has 0 amide bonds. The fourth-order valence-corrected chi connectivity index (χ4v) is 1.78. The van der Waals surface area contributed by atoms with Gasteiger partial charge in [-0.25, -0.2) is 4.79 Å². The molecule has 0 aromatic carbocycles. The number of ketones is 1. The highest BCUT2D eigenvalue weighted by molar-refractivity contribution is 7.98. The minimum Gasteiger partial charge on any atom is -0.481 e. The molecule has 0 saturated carbocycles. The van der Waals surface area contributed by atoms with E-state index in [1.165, 1.54) is 0 Å². The number of thioether (sulfide) groups is 1. The quantitative estimate of drug-likeness (QED) is 0.362. The van der Waals surface area contributed by atoms with E-state index in [1.807, 2.05) is 6.26 Å². The van der Waals surface area contributed by atoms with Crippen LogP contribution < -0.4 is 0 Å². The van der Waals surface area contributed by atoms with E-state index in [4.69, 9.17) is 10.2 Å². The Hall–Kier alpha value is -1.04. The smallest absolute Gasteiger partial charge is 0.373 e. The summed E-state index contributed by atoms with van der Waals surface area (Å²) in [7, 11) is 0. The largest absolute Gasteiger partial charge is 0.481 e. The highest BCUT2D eigenvalue weighted by atomic mass is 32.2. The Morgan fingerprint density at radius 1 is 1.12 bits per heavy atom. The Morgan fingerprint density at radius 2 is 1.75 bits per heavy atom. The van der Waals surface area contributed by atoms with Crippen LogP contribution in [0.4, 0.5) is 0 Å². The molecular weight excluding hydrogens is 232 g/mol. The van der Waals surface area contributed by atoms with Gasteiger partial charge < -0.3 is 10.2 Å². The van der Waals surface area contributed by atoms with Gasteiger partial charge in [-0.1, -0.05) is 12.8 Å². The molecule has 0 aliphatic rings. The molecule has 1 atom stereocenters. The summed E-state index contributed by atoms with van der Waals surface area (Å²) >= 11 is 1.70. The van der Waals surface area contributed by atoms with Gasteiger partial charge in [0.15, 0.2) is 0 Å². The molecule has 0 saturated heterocycles. The van der Waals surface area contributed by atoms with Crippen LogP contribution in [0.15, 0.2) is 0 Å². The van der Waals surface area contributed by atoms with E-state index in [9.17, 15) is 14.4 Å². The standard InChI is InChI=1S/C10H16O5S/c1-16-6-4-2-3-5-7(9(12)13)8(11)10(14)15/h7H,2-6H2,1H3,(H,12,13)(H,14,15). The summed E-state index contributed by atoms with van der Waals surface area (Å²) in [6, 6.07) is 0. The van der Waals surface area contributed by atoms with Gasteiger partial charge in [0.2, 0.25) is 0 Å². The summed E-state index contributed by atoms with van der Waals surface area (Å²) in [6.07, 6.45) is 4.42. The minimum absolute atomic E-state index is 0.106. The Kier molecular flexibility index (Phi) is 7.62. The lowest BCUT2D eigenvalue weighted by molar-refractivity contribution is -0.157. The molecule has 2 N–H and O–H groups in total. The normalized spacial score (nSPS) is 12.1. The molecule has 6 heteroatoms. The monoisotopic (exact) mass is 248 g/mol. The zero-order valence-electron chi connectivity index (χ0n) is 9.14. The van der Waals surface area contributed by atoms with Crippen LogP contribution in [0.1, 0.15) is 25.7 Å². The average molecular weight is 248 g/mol. The van der Waals surface area contributed by atoms with E-state index in [0.717, 1.165) is 18.6 Å². The summed E-state index contributed by atoms with van der Waals surface area (Å²) in [6.45, 7) is 0. The molecule has 92 valence electrons. The zero-order valence-corrected chi connectivity index (χ0v) is 9.96. The first-order valence-electron chi connectivity index (χ1n) is 4.99. The molecule has 0 heterocycles. The van der Waals surface area contributed by atoms with Crippen molar-refractivity contribution in [2.24, 2.45) is 5.92 Å². The number of carbonyl (C=O) groups is 3. The third-order valence-electron chi connectivity index (χ3n) is 2.17. The molecule has 0 fully saturated rings. The van der Waals surface area contributed by atoms with Crippen LogP contribution in [0, 0.1) is 5.92 Å². The van der Waals surface area contributed by atoms with E-state index in [-0.39, 0.29) is 6.42 Å². The predicted molar refractivity (Wildman–Crippen MR) is 60.6 cm³/mol. The van der Waals surface area contributed by atoms with Gasteiger partial charge in [-0.05, 0) is 24.9 Å². The maximum atomic E-state index is 11.0. The molecule has 0 aliphatic carbocycles. The molecule has 0 aromatic rings. The molecular formula is C10H16O5S. The summed E-state index contributed by atoms with van der Waals surface area (Å²) < 4.78 is 0. The van der Waals surface area contributed by atoms with E-state index < -0.39 is 23.6 Å². The molecule has 0 radical (unpaired) electrons. The number of carbonyl (C=O) groups excluding carboxylic acids is 1. The van der Waals surface area contributed by atoms with Crippen LogP contribution in [0.25, 0.3) is 0 Å². The number of Topliss-reactive ketones (excluding diaryl/α,β-unsaturated/α-hetero) is 1. The third kappa shape index (κ3) is 5.75. The number of hydrogen-bond donors (Lipinski definition) is 2. The summed E-state index contributed by atoms with van der Waals surface area (Å²) in [5, 5.41) is 17.1. The lowest BCUT2D eigenvalue weighted by Gasteiger charge is -2.07. The second-order valence-corrected chi connectivity index (χ2v) is 4.39. The van der Waals surface area contributed by atoms with Crippen molar-refractivity contribution in [2.45, 2.75) is 25.7 Å². The molecule has 16 heavy (non-hydrogen) atoms. The van der Waals surface area contributed by atoms with Crippen LogP contribution in [0.2, 0.25) is 0 Å². The van der Waals surface area contributed by atoms with Crippen LogP contribution >= 0.6 is 11.8 Å². The van der Waals surface area contributed by atoms with Crippen molar-refractivity contribution in [3.63, 3.8) is 0 Å². The highest BCUT2D eigenvalue weighted by Crippen LogP contribution is 2.13. The third-order valence-corrected chi connectivity index (χ3v) is 2.86. The average Bonchev–Trinajstić information content (AvgIpc) is 2.21. The number of unbranched alkanes of at least 4 members (excludes halogenated alkanes) is 2. The first kappa shape index (κ1) is 15.0. The van der Waals surface area contributed by atoms with Crippen molar-refractivity contribution in [3.8, 4) is 0 Å². The van der Waals surface area contributed by atoms with Gasteiger partial charge in [-0.3, -0.25) is 9.59 Å². The fraction of sp³-hybridized carbons (Fsp3) is 0.700. The number of aliphatic carboxylic acids is 2. The molecule has 1 unspecified atom stereocenters. The van der Waals surface area contributed by atoms with Gasteiger partial charge in [-0.15, -0.1) is 0 Å². The van der Waals surface area contributed by atoms with Crippen molar-refractivity contribution in [3.05, 3.63) is 0 Å². The second-order valence-electron chi connectivity index (χ2n) is 3.40. The molecule has 0 aromatic heterocycles. The SMILES string of the molecule is CSCCCCCC(C(=O)O)C(=O)C(=O)O. The topological polar surface area (TPSA) is 91.7 Å². The van der Waals surface area contributed by atoms with Crippen molar-refractivity contribution in [2.75, 3.05) is 12.0 Å². The number of hydrogen-bond acceptors (Lipinski definition) is 4. The van der Waals surface area contributed by atoms with Crippen LogP contribution in [-0.4, -0.2) is 39.9 Å². The molecule has 0 rings (SSSR count).